The highest BCUT2D eigenvalue weighted by Gasteiger charge is 2.23. The van der Waals surface area contributed by atoms with Crippen molar-refractivity contribution in [3.63, 3.8) is 0 Å². The van der Waals surface area contributed by atoms with Crippen LogP contribution in [-0.4, -0.2) is 35.9 Å². The molecule has 0 unspecified atom stereocenters. The third kappa shape index (κ3) is 2.42. The number of nitrogens with zero attached hydrogens (tertiary/aromatic N) is 3. The van der Waals surface area contributed by atoms with Crippen molar-refractivity contribution in [1.82, 2.24) is 9.88 Å². The van der Waals surface area contributed by atoms with Crippen molar-refractivity contribution in [3.8, 4) is 0 Å². The van der Waals surface area contributed by atoms with Crippen molar-refractivity contribution in [2.75, 3.05) is 25.0 Å². The minimum atomic E-state index is 0.0147. The van der Waals surface area contributed by atoms with Gasteiger partial charge in [0, 0.05) is 37.7 Å². The van der Waals surface area contributed by atoms with Crippen molar-refractivity contribution in [3.05, 3.63) is 59.9 Å². The van der Waals surface area contributed by atoms with Gasteiger partial charge in [-0.2, -0.15) is 0 Å². The molecule has 0 saturated heterocycles. The Hall–Kier alpha value is -2.20. The number of pyridine rings is 1. The number of anilines is 1. The summed E-state index contributed by atoms with van der Waals surface area (Å²) in [5.74, 6) is 0.0147. The van der Waals surface area contributed by atoms with Crippen LogP contribution < -0.4 is 4.90 Å². The van der Waals surface area contributed by atoms with Crippen LogP contribution in [0.3, 0.4) is 0 Å². The second-order valence-electron chi connectivity index (χ2n) is 5.06. The van der Waals surface area contributed by atoms with E-state index in [1.165, 1.54) is 5.56 Å². The van der Waals surface area contributed by atoms with Gasteiger partial charge < -0.3 is 9.80 Å². The van der Waals surface area contributed by atoms with Gasteiger partial charge in [0.05, 0.1) is 5.56 Å². The van der Waals surface area contributed by atoms with Crippen molar-refractivity contribution in [1.29, 1.82) is 0 Å². The zero-order valence-corrected chi connectivity index (χ0v) is 11.5. The number of hydrogen-bond acceptors (Lipinski definition) is 3. The van der Waals surface area contributed by atoms with Crippen LogP contribution in [0.1, 0.15) is 15.9 Å². The standard InChI is InChI=1S/C16H17N3O/c1-18-9-10-19(15-7-3-2-5-14(15)12-18)16(20)13-6-4-8-17-11-13/h2-8,11H,9-10,12H2,1H3. The first-order valence-electron chi connectivity index (χ1n) is 6.74. The summed E-state index contributed by atoms with van der Waals surface area (Å²) in [5.41, 5.74) is 2.82. The summed E-state index contributed by atoms with van der Waals surface area (Å²) in [6.45, 7) is 2.43. The number of benzene rings is 1. The molecular formula is C16H17N3O. The van der Waals surface area contributed by atoms with E-state index in [1.807, 2.05) is 29.2 Å². The first-order valence-corrected chi connectivity index (χ1v) is 6.74. The summed E-state index contributed by atoms with van der Waals surface area (Å²) in [4.78, 5) is 20.8. The molecule has 20 heavy (non-hydrogen) atoms. The molecule has 2 aromatic rings. The Bertz CT molecular complexity index is 612. The van der Waals surface area contributed by atoms with Crippen LogP contribution >= 0.6 is 0 Å². The SMILES string of the molecule is CN1CCN(C(=O)c2cccnc2)c2ccccc2C1. The maximum absolute atomic E-state index is 12.7. The van der Waals surface area contributed by atoms with Crippen LogP contribution in [0.2, 0.25) is 0 Å². The average molecular weight is 267 g/mol. The molecule has 0 spiro atoms. The van der Waals surface area contributed by atoms with Crippen molar-refractivity contribution < 1.29 is 4.79 Å². The number of carbonyl (C=O) groups excluding carboxylic acids is 1. The van der Waals surface area contributed by atoms with E-state index in [1.54, 1.807) is 18.5 Å². The normalized spacial score (nSPS) is 15.6. The first kappa shape index (κ1) is 12.8. The summed E-state index contributed by atoms with van der Waals surface area (Å²) in [5, 5.41) is 0. The van der Waals surface area contributed by atoms with Gasteiger partial charge in [-0.1, -0.05) is 18.2 Å². The maximum Gasteiger partial charge on any atom is 0.259 e. The minimum Gasteiger partial charge on any atom is -0.307 e. The number of likely N-dealkylation sites (N-methyl/N-ethyl adjacent to an activating group) is 1. The number of hydrogen-bond donors (Lipinski definition) is 0. The zero-order chi connectivity index (χ0) is 13.9. The molecule has 1 aliphatic rings. The van der Waals surface area contributed by atoms with Crippen molar-refractivity contribution in [2.45, 2.75) is 6.54 Å². The highest BCUT2D eigenvalue weighted by molar-refractivity contribution is 6.06. The zero-order valence-electron chi connectivity index (χ0n) is 11.5. The molecule has 102 valence electrons. The summed E-state index contributed by atoms with van der Waals surface area (Å²) < 4.78 is 0. The molecule has 0 saturated carbocycles. The Kier molecular flexibility index (Phi) is 3.48. The molecule has 0 atom stereocenters. The number of amides is 1. The van der Waals surface area contributed by atoms with Crippen LogP contribution in [-0.2, 0) is 6.54 Å². The van der Waals surface area contributed by atoms with Crippen LogP contribution in [0.15, 0.2) is 48.8 Å². The Labute approximate surface area is 118 Å². The second kappa shape index (κ2) is 5.43. The molecule has 0 N–H and O–H groups in total. The molecule has 1 aromatic carbocycles. The van der Waals surface area contributed by atoms with Crippen molar-refractivity contribution in [2.24, 2.45) is 0 Å². The van der Waals surface area contributed by atoms with Crippen LogP contribution in [0.5, 0.6) is 0 Å². The third-order valence-electron chi connectivity index (χ3n) is 3.58. The lowest BCUT2D eigenvalue weighted by Crippen LogP contribution is -2.35. The third-order valence-corrected chi connectivity index (χ3v) is 3.58. The smallest absolute Gasteiger partial charge is 0.259 e. The van der Waals surface area contributed by atoms with Crippen LogP contribution in [0.4, 0.5) is 5.69 Å². The van der Waals surface area contributed by atoms with Gasteiger partial charge >= 0.3 is 0 Å². The second-order valence-corrected chi connectivity index (χ2v) is 5.06. The number of para-hydroxylation sites is 1. The fourth-order valence-corrected chi connectivity index (χ4v) is 2.52. The quantitative estimate of drug-likeness (QED) is 0.794. The summed E-state index contributed by atoms with van der Waals surface area (Å²) >= 11 is 0. The molecule has 4 heteroatoms. The molecule has 3 rings (SSSR count). The van der Waals surface area contributed by atoms with E-state index in [0.717, 1.165) is 18.8 Å². The lowest BCUT2D eigenvalue weighted by atomic mass is 10.1. The van der Waals surface area contributed by atoms with E-state index in [0.29, 0.717) is 12.1 Å². The van der Waals surface area contributed by atoms with Gasteiger partial charge in [-0.15, -0.1) is 0 Å². The van der Waals surface area contributed by atoms with Gasteiger partial charge in [0.1, 0.15) is 0 Å². The highest BCUT2D eigenvalue weighted by Crippen LogP contribution is 2.25. The topological polar surface area (TPSA) is 36.4 Å². The molecule has 0 bridgehead atoms. The van der Waals surface area contributed by atoms with E-state index in [-0.39, 0.29) is 5.91 Å². The van der Waals surface area contributed by atoms with E-state index in [2.05, 4.69) is 23.0 Å². The molecule has 1 aliphatic heterocycles. The molecular weight excluding hydrogens is 250 g/mol. The summed E-state index contributed by atoms with van der Waals surface area (Å²) in [7, 11) is 2.08. The van der Waals surface area contributed by atoms with Crippen molar-refractivity contribution >= 4 is 11.6 Å². The minimum absolute atomic E-state index is 0.0147. The van der Waals surface area contributed by atoms with Gasteiger partial charge in [0.2, 0.25) is 0 Å². The molecule has 2 heterocycles. The van der Waals surface area contributed by atoms with Gasteiger partial charge in [-0.3, -0.25) is 9.78 Å². The number of aromatic nitrogens is 1. The fourth-order valence-electron chi connectivity index (χ4n) is 2.52. The Morgan fingerprint density at radius 2 is 2.00 bits per heavy atom. The van der Waals surface area contributed by atoms with E-state index in [9.17, 15) is 4.79 Å². The largest absolute Gasteiger partial charge is 0.307 e. The van der Waals surface area contributed by atoms with Crippen LogP contribution in [0, 0.1) is 0 Å². The van der Waals surface area contributed by atoms with E-state index in [4.69, 9.17) is 0 Å². The maximum atomic E-state index is 12.7. The molecule has 0 aliphatic carbocycles. The van der Waals surface area contributed by atoms with Crippen LogP contribution in [0.25, 0.3) is 0 Å². The van der Waals surface area contributed by atoms with Gasteiger partial charge in [0.25, 0.3) is 5.91 Å². The van der Waals surface area contributed by atoms with Gasteiger partial charge in [-0.25, -0.2) is 0 Å². The molecule has 1 amide bonds. The predicted molar refractivity (Wildman–Crippen MR) is 78.7 cm³/mol. The lowest BCUT2D eigenvalue weighted by molar-refractivity contribution is 0.0985. The van der Waals surface area contributed by atoms with E-state index < -0.39 is 0 Å². The number of fused-ring (bicyclic) bond motifs is 1. The predicted octanol–water partition coefficient (Wildman–Crippen LogP) is 2.17. The monoisotopic (exact) mass is 267 g/mol. The Morgan fingerprint density at radius 1 is 1.15 bits per heavy atom. The highest BCUT2D eigenvalue weighted by atomic mass is 16.2. The van der Waals surface area contributed by atoms with E-state index >= 15 is 0 Å². The molecule has 0 radical (unpaired) electrons. The first-order chi connectivity index (χ1) is 9.75. The lowest BCUT2D eigenvalue weighted by Gasteiger charge is -2.22. The summed E-state index contributed by atoms with van der Waals surface area (Å²) in [6, 6.07) is 11.7. The number of carbonyl (C=O) groups is 1. The molecule has 0 fully saturated rings. The Morgan fingerprint density at radius 3 is 2.80 bits per heavy atom. The average Bonchev–Trinajstić information content (AvgIpc) is 2.66. The van der Waals surface area contributed by atoms with Gasteiger partial charge in [-0.05, 0) is 30.8 Å². The summed E-state index contributed by atoms with van der Waals surface area (Å²) in [6.07, 6.45) is 3.31. The fraction of sp³-hybridized carbons (Fsp3) is 0.250. The number of rotatable bonds is 1. The van der Waals surface area contributed by atoms with Gasteiger partial charge in [0.15, 0.2) is 0 Å². The molecule has 4 nitrogen and oxygen atoms in total. The Balaban J connectivity index is 1.99. The molecule has 1 aromatic heterocycles.